The van der Waals surface area contributed by atoms with Crippen molar-refractivity contribution in [3.05, 3.63) is 65.9 Å². The number of hydrogen-bond acceptors (Lipinski definition) is 3. The molecule has 1 heterocycles. The number of fused-ring (bicyclic) bond motifs is 1. The quantitative estimate of drug-likeness (QED) is 0.575. The van der Waals surface area contributed by atoms with Gasteiger partial charge in [0, 0.05) is 34.7 Å². The largest absolute Gasteiger partial charge is 0.497 e. The van der Waals surface area contributed by atoms with E-state index in [0.29, 0.717) is 0 Å². The van der Waals surface area contributed by atoms with Crippen LogP contribution in [0.3, 0.4) is 0 Å². The van der Waals surface area contributed by atoms with E-state index in [1.807, 2.05) is 69.3 Å². The summed E-state index contributed by atoms with van der Waals surface area (Å²) < 4.78 is 5.24. The summed E-state index contributed by atoms with van der Waals surface area (Å²) in [4.78, 5) is 31.4. The maximum Gasteiger partial charge on any atom is 0.299 e. The molecule has 1 atom stereocenters. The van der Waals surface area contributed by atoms with Gasteiger partial charge in [-0.1, -0.05) is 36.3 Å². The van der Waals surface area contributed by atoms with E-state index in [9.17, 15) is 9.59 Å². The molecular formula is C26H29N3O3. The summed E-state index contributed by atoms with van der Waals surface area (Å²) in [6.45, 7) is 7.58. The van der Waals surface area contributed by atoms with Crippen molar-refractivity contribution < 1.29 is 14.3 Å². The highest BCUT2D eigenvalue weighted by atomic mass is 16.5. The molecule has 1 aromatic heterocycles. The van der Waals surface area contributed by atoms with E-state index >= 15 is 0 Å². The zero-order chi connectivity index (χ0) is 23.3. The summed E-state index contributed by atoms with van der Waals surface area (Å²) in [6.07, 6.45) is 1.80. The summed E-state index contributed by atoms with van der Waals surface area (Å²) in [7, 11) is 1.60. The number of methoxy groups -OCH3 is 1. The van der Waals surface area contributed by atoms with Gasteiger partial charge < -0.3 is 19.9 Å². The van der Waals surface area contributed by atoms with Gasteiger partial charge >= 0.3 is 0 Å². The molecule has 32 heavy (non-hydrogen) atoms. The van der Waals surface area contributed by atoms with Crippen molar-refractivity contribution >= 4 is 22.7 Å². The lowest BCUT2D eigenvalue weighted by Crippen LogP contribution is -2.48. The summed E-state index contributed by atoms with van der Waals surface area (Å²) in [5, 5.41) is 3.93. The predicted molar refractivity (Wildman–Crippen MR) is 126 cm³/mol. The number of aromatic nitrogens is 1. The summed E-state index contributed by atoms with van der Waals surface area (Å²) in [5.41, 5.74) is 2.02. The number of carbonyl (C=O) groups is 2. The van der Waals surface area contributed by atoms with Crippen LogP contribution in [0, 0.1) is 11.8 Å². The van der Waals surface area contributed by atoms with Crippen molar-refractivity contribution in [3.8, 4) is 17.6 Å². The number of para-hydroxylation sites is 1. The molecule has 3 aromatic rings. The predicted octanol–water partition coefficient (Wildman–Crippen LogP) is 4.18. The normalized spacial score (nSPS) is 11.9. The van der Waals surface area contributed by atoms with Crippen molar-refractivity contribution in [2.24, 2.45) is 0 Å². The van der Waals surface area contributed by atoms with Gasteiger partial charge in [-0.25, -0.2) is 0 Å². The van der Waals surface area contributed by atoms with Crippen LogP contribution in [0.25, 0.3) is 10.9 Å². The molecular weight excluding hydrogens is 402 g/mol. The second-order valence-corrected chi connectivity index (χ2v) is 8.59. The van der Waals surface area contributed by atoms with Gasteiger partial charge in [-0.15, -0.1) is 0 Å². The van der Waals surface area contributed by atoms with Crippen LogP contribution in [-0.4, -0.2) is 34.3 Å². The molecule has 0 bridgehead atoms. The van der Waals surface area contributed by atoms with Gasteiger partial charge in [-0.3, -0.25) is 9.59 Å². The average molecular weight is 432 g/mol. The van der Waals surface area contributed by atoms with Crippen molar-refractivity contribution in [2.45, 2.75) is 45.8 Å². The van der Waals surface area contributed by atoms with Gasteiger partial charge in [0.1, 0.15) is 11.8 Å². The summed E-state index contributed by atoms with van der Waals surface area (Å²) >= 11 is 0. The third-order valence-corrected chi connectivity index (χ3v) is 4.98. The highest BCUT2D eigenvalue weighted by molar-refractivity contribution is 5.99. The van der Waals surface area contributed by atoms with Crippen LogP contribution >= 0.6 is 0 Å². The molecule has 0 fully saturated rings. The summed E-state index contributed by atoms with van der Waals surface area (Å²) in [6, 6.07) is 14.3. The standard InChI is InChI=1S/C26H29N3O3/c1-6-9-23(30)29(17-18-12-14-19(32-5)15-13-18)24(25(31)28-26(2,3)4)21-16-27-22-11-8-7-10-20(21)22/h7-8,10-16,24,27H,17H2,1-5H3,(H,28,31). The number of carbonyl (C=O) groups excluding carboxylic acids is 2. The Morgan fingerprint density at radius 1 is 1.12 bits per heavy atom. The molecule has 0 aliphatic heterocycles. The second kappa shape index (κ2) is 9.61. The maximum absolute atomic E-state index is 13.6. The van der Waals surface area contributed by atoms with Gasteiger partial charge in [0.2, 0.25) is 5.91 Å². The average Bonchev–Trinajstić information content (AvgIpc) is 3.16. The molecule has 166 valence electrons. The van der Waals surface area contributed by atoms with Gasteiger partial charge in [0.25, 0.3) is 5.91 Å². The van der Waals surface area contributed by atoms with E-state index in [1.54, 1.807) is 20.2 Å². The number of benzene rings is 2. The van der Waals surface area contributed by atoms with Gasteiger partial charge in [-0.05, 0) is 57.4 Å². The van der Waals surface area contributed by atoms with E-state index in [-0.39, 0.29) is 12.5 Å². The molecule has 2 amide bonds. The van der Waals surface area contributed by atoms with Crippen molar-refractivity contribution in [2.75, 3.05) is 7.11 Å². The van der Waals surface area contributed by atoms with E-state index in [0.717, 1.165) is 27.8 Å². The number of aromatic amines is 1. The van der Waals surface area contributed by atoms with Crippen LogP contribution in [0.15, 0.2) is 54.7 Å². The van der Waals surface area contributed by atoms with Gasteiger partial charge in [0.05, 0.1) is 7.11 Å². The Morgan fingerprint density at radius 2 is 1.81 bits per heavy atom. The molecule has 0 saturated carbocycles. The smallest absolute Gasteiger partial charge is 0.299 e. The third-order valence-electron chi connectivity index (χ3n) is 4.98. The maximum atomic E-state index is 13.6. The van der Waals surface area contributed by atoms with E-state index in [2.05, 4.69) is 22.1 Å². The number of ether oxygens (including phenoxy) is 1. The van der Waals surface area contributed by atoms with Crippen molar-refractivity contribution in [3.63, 3.8) is 0 Å². The van der Waals surface area contributed by atoms with Crippen LogP contribution in [0.1, 0.15) is 44.9 Å². The highest BCUT2D eigenvalue weighted by Gasteiger charge is 2.34. The highest BCUT2D eigenvalue weighted by Crippen LogP contribution is 2.31. The fourth-order valence-electron chi connectivity index (χ4n) is 3.60. The van der Waals surface area contributed by atoms with Crippen molar-refractivity contribution in [1.82, 2.24) is 15.2 Å². The molecule has 1 unspecified atom stereocenters. The lowest BCUT2D eigenvalue weighted by molar-refractivity contribution is -0.138. The number of H-pyrrole nitrogens is 1. The second-order valence-electron chi connectivity index (χ2n) is 8.59. The van der Waals surface area contributed by atoms with Crippen LogP contribution in [0.2, 0.25) is 0 Å². The minimum Gasteiger partial charge on any atom is -0.497 e. The lowest BCUT2D eigenvalue weighted by atomic mass is 10.00. The SMILES string of the molecule is CC#CC(=O)N(Cc1ccc(OC)cc1)C(C(=O)NC(C)(C)C)c1c[nH]c2ccccc12. The molecule has 2 aromatic carbocycles. The van der Waals surface area contributed by atoms with Crippen LogP contribution in [0.4, 0.5) is 0 Å². The third kappa shape index (κ3) is 5.30. The monoisotopic (exact) mass is 431 g/mol. The minimum atomic E-state index is -0.860. The Hall–Kier alpha value is -3.72. The van der Waals surface area contributed by atoms with Crippen molar-refractivity contribution in [1.29, 1.82) is 0 Å². The van der Waals surface area contributed by atoms with Gasteiger partial charge in [-0.2, -0.15) is 0 Å². The van der Waals surface area contributed by atoms with E-state index in [1.165, 1.54) is 4.90 Å². The number of nitrogens with one attached hydrogen (secondary N) is 2. The molecule has 3 rings (SSSR count). The van der Waals surface area contributed by atoms with Crippen LogP contribution < -0.4 is 10.1 Å². The molecule has 0 radical (unpaired) electrons. The zero-order valence-electron chi connectivity index (χ0n) is 19.2. The zero-order valence-corrected chi connectivity index (χ0v) is 19.2. The Balaban J connectivity index is 2.11. The molecule has 0 aliphatic rings. The molecule has 6 heteroatoms. The fourth-order valence-corrected chi connectivity index (χ4v) is 3.60. The Bertz CT molecular complexity index is 1160. The molecule has 0 spiro atoms. The first-order valence-electron chi connectivity index (χ1n) is 10.5. The topological polar surface area (TPSA) is 74.4 Å². The molecule has 2 N–H and O–H groups in total. The van der Waals surface area contributed by atoms with Gasteiger partial charge in [0.15, 0.2) is 0 Å². The molecule has 0 saturated heterocycles. The van der Waals surface area contributed by atoms with E-state index < -0.39 is 17.5 Å². The Kier molecular flexibility index (Phi) is 6.89. The number of amides is 2. The number of nitrogens with zero attached hydrogens (tertiary/aromatic N) is 1. The molecule has 0 aliphatic carbocycles. The minimum absolute atomic E-state index is 0.221. The number of rotatable bonds is 6. The first-order valence-corrected chi connectivity index (χ1v) is 10.5. The van der Waals surface area contributed by atoms with Crippen LogP contribution in [-0.2, 0) is 16.1 Å². The molecule has 6 nitrogen and oxygen atoms in total. The Labute approximate surface area is 189 Å². The van der Waals surface area contributed by atoms with E-state index in [4.69, 9.17) is 4.74 Å². The fraction of sp³-hybridized carbons (Fsp3) is 0.308. The summed E-state index contributed by atoms with van der Waals surface area (Å²) in [5.74, 6) is 5.34. The van der Waals surface area contributed by atoms with Crippen LogP contribution in [0.5, 0.6) is 5.75 Å². The number of hydrogen-bond donors (Lipinski definition) is 2. The first kappa shape index (κ1) is 23.0. The Morgan fingerprint density at radius 3 is 2.44 bits per heavy atom. The lowest BCUT2D eigenvalue weighted by Gasteiger charge is -2.32. The first-order chi connectivity index (χ1) is 15.2.